The number of rotatable bonds is 3. The van der Waals surface area contributed by atoms with Crippen molar-refractivity contribution in [1.82, 2.24) is 25.6 Å². The fourth-order valence-corrected chi connectivity index (χ4v) is 2.71. The zero-order valence-electron chi connectivity index (χ0n) is 13.0. The number of nitrogens with zero attached hydrogens (tertiary/aromatic N) is 4. The minimum absolute atomic E-state index is 0.0420. The zero-order valence-corrected chi connectivity index (χ0v) is 13.7. The molecule has 2 aromatic heterocycles. The normalized spacial score (nSPS) is 13.6. The third-order valence-corrected chi connectivity index (χ3v) is 3.94. The van der Waals surface area contributed by atoms with Crippen LogP contribution in [0.1, 0.15) is 34.1 Å². The molecular formula is C15H8ClF6N5. The van der Waals surface area contributed by atoms with Crippen LogP contribution in [0.2, 0.25) is 5.02 Å². The lowest BCUT2D eigenvalue weighted by Crippen LogP contribution is -2.13. The Morgan fingerprint density at radius 1 is 0.963 bits per heavy atom. The van der Waals surface area contributed by atoms with E-state index in [1.54, 1.807) is 0 Å². The third-order valence-electron chi connectivity index (χ3n) is 3.64. The lowest BCUT2D eigenvalue weighted by atomic mass is 9.92. The second kappa shape index (κ2) is 6.80. The van der Waals surface area contributed by atoms with Crippen molar-refractivity contribution in [2.45, 2.75) is 18.3 Å². The molecule has 1 atom stereocenters. The van der Waals surface area contributed by atoms with E-state index < -0.39 is 34.4 Å². The van der Waals surface area contributed by atoms with Crippen LogP contribution >= 0.6 is 11.6 Å². The van der Waals surface area contributed by atoms with Gasteiger partial charge in [0.2, 0.25) is 0 Å². The highest BCUT2D eigenvalue weighted by Gasteiger charge is 2.35. The number of hydrogen-bond donors (Lipinski definition) is 1. The summed E-state index contributed by atoms with van der Waals surface area (Å²) < 4.78 is 77.5. The van der Waals surface area contributed by atoms with Crippen molar-refractivity contribution in [3.05, 3.63) is 69.8 Å². The summed E-state index contributed by atoms with van der Waals surface area (Å²) in [5, 5.41) is 12.5. The zero-order chi connectivity index (χ0) is 19.8. The van der Waals surface area contributed by atoms with E-state index in [1.807, 2.05) is 0 Å². The Balaban J connectivity index is 2.15. The Morgan fingerprint density at radius 3 is 2.22 bits per heavy atom. The maximum absolute atomic E-state index is 13.0. The molecular weight excluding hydrogens is 400 g/mol. The maximum Gasteiger partial charge on any atom is 0.417 e. The summed E-state index contributed by atoms with van der Waals surface area (Å²) in [6.07, 6.45) is -8.75. The molecule has 0 bridgehead atoms. The number of halogens is 7. The van der Waals surface area contributed by atoms with Crippen LogP contribution in [0.3, 0.4) is 0 Å². The van der Waals surface area contributed by atoms with E-state index >= 15 is 0 Å². The third kappa shape index (κ3) is 4.02. The average molecular weight is 408 g/mol. The monoisotopic (exact) mass is 407 g/mol. The van der Waals surface area contributed by atoms with Crippen LogP contribution in [0.4, 0.5) is 26.3 Å². The minimum Gasteiger partial charge on any atom is -0.258 e. The topological polar surface area (TPSA) is 67.3 Å². The molecule has 1 aromatic carbocycles. The quantitative estimate of drug-likeness (QED) is 0.651. The molecule has 0 radical (unpaired) electrons. The Kier molecular flexibility index (Phi) is 4.81. The van der Waals surface area contributed by atoms with E-state index in [-0.39, 0.29) is 17.1 Å². The minimum atomic E-state index is -4.67. The molecule has 5 nitrogen and oxygen atoms in total. The molecule has 142 valence electrons. The molecule has 3 rings (SSSR count). The summed E-state index contributed by atoms with van der Waals surface area (Å²) in [5.41, 5.74) is -2.13. The second-order valence-electron chi connectivity index (χ2n) is 5.42. The smallest absolute Gasteiger partial charge is 0.258 e. The van der Waals surface area contributed by atoms with Gasteiger partial charge < -0.3 is 0 Å². The van der Waals surface area contributed by atoms with E-state index in [0.717, 1.165) is 18.2 Å². The Morgan fingerprint density at radius 2 is 1.67 bits per heavy atom. The summed E-state index contributed by atoms with van der Waals surface area (Å²) in [7, 11) is 0. The Bertz CT molecular complexity index is 939. The van der Waals surface area contributed by atoms with Gasteiger partial charge in [0.05, 0.1) is 27.8 Å². The molecule has 2 heterocycles. The van der Waals surface area contributed by atoms with E-state index in [2.05, 4.69) is 25.6 Å². The van der Waals surface area contributed by atoms with Crippen LogP contribution in [-0.2, 0) is 12.4 Å². The summed E-state index contributed by atoms with van der Waals surface area (Å²) in [4.78, 5) is 3.71. The van der Waals surface area contributed by atoms with Crippen molar-refractivity contribution in [3.8, 4) is 0 Å². The molecule has 0 saturated heterocycles. The first kappa shape index (κ1) is 19.1. The number of benzene rings is 1. The Hall–Kier alpha value is -2.69. The van der Waals surface area contributed by atoms with Crippen molar-refractivity contribution in [2.75, 3.05) is 0 Å². The SMILES string of the molecule is FC(F)(F)c1cccc([C@H](c2nn[nH]n2)c2ncc(C(F)(F)F)cc2Cl)c1. The first-order valence-electron chi connectivity index (χ1n) is 7.20. The van der Waals surface area contributed by atoms with Crippen molar-refractivity contribution < 1.29 is 26.3 Å². The van der Waals surface area contributed by atoms with Crippen LogP contribution in [0, 0.1) is 0 Å². The van der Waals surface area contributed by atoms with Gasteiger partial charge in [-0.1, -0.05) is 35.0 Å². The van der Waals surface area contributed by atoms with E-state index in [4.69, 9.17) is 11.6 Å². The lowest BCUT2D eigenvalue weighted by Gasteiger charge is -2.17. The number of hydrogen-bond acceptors (Lipinski definition) is 4. The molecule has 0 fully saturated rings. The molecule has 12 heteroatoms. The standard InChI is InChI=1S/C15H8ClF6N5/c16-10-5-9(15(20,21)22)6-23-12(10)11(13-24-26-27-25-13)7-2-1-3-8(4-7)14(17,18)19/h1-6,11H,(H,24,25,26,27)/t11-/m0/s1. The average Bonchev–Trinajstić information content (AvgIpc) is 3.09. The highest BCUT2D eigenvalue weighted by Crippen LogP contribution is 2.38. The van der Waals surface area contributed by atoms with Gasteiger partial charge in [-0.05, 0) is 17.7 Å². The Labute approximate surface area is 152 Å². The molecule has 0 aliphatic rings. The largest absolute Gasteiger partial charge is 0.417 e. The number of aromatic amines is 1. The fourth-order valence-electron chi connectivity index (χ4n) is 2.43. The van der Waals surface area contributed by atoms with Gasteiger partial charge in [0.25, 0.3) is 0 Å². The highest BCUT2D eigenvalue weighted by molar-refractivity contribution is 6.31. The highest BCUT2D eigenvalue weighted by atomic mass is 35.5. The molecule has 0 aliphatic carbocycles. The van der Waals surface area contributed by atoms with Gasteiger partial charge in [-0.25, -0.2) is 0 Å². The lowest BCUT2D eigenvalue weighted by molar-refractivity contribution is -0.138. The first-order chi connectivity index (χ1) is 12.6. The first-order valence-corrected chi connectivity index (χ1v) is 7.58. The summed E-state index contributed by atoms with van der Waals surface area (Å²) in [6, 6.07) is 4.83. The maximum atomic E-state index is 13.0. The second-order valence-corrected chi connectivity index (χ2v) is 5.82. The summed E-state index contributed by atoms with van der Waals surface area (Å²) in [5.74, 6) is -1.25. The van der Waals surface area contributed by atoms with Gasteiger partial charge in [-0.3, -0.25) is 4.98 Å². The predicted molar refractivity (Wildman–Crippen MR) is 80.8 cm³/mol. The number of aromatic nitrogens is 5. The van der Waals surface area contributed by atoms with E-state index in [1.165, 1.54) is 6.07 Å². The van der Waals surface area contributed by atoms with E-state index in [0.29, 0.717) is 12.3 Å². The van der Waals surface area contributed by atoms with Crippen LogP contribution in [0.25, 0.3) is 0 Å². The molecule has 27 heavy (non-hydrogen) atoms. The van der Waals surface area contributed by atoms with E-state index in [9.17, 15) is 26.3 Å². The van der Waals surface area contributed by atoms with Gasteiger partial charge in [-0.2, -0.15) is 31.6 Å². The van der Waals surface area contributed by atoms with Crippen LogP contribution in [0.5, 0.6) is 0 Å². The molecule has 0 spiro atoms. The number of nitrogens with one attached hydrogen (secondary N) is 1. The van der Waals surface area contributed by atoms with Gasteiger partial charge in [0.15, 0.2) is 5.82 Å². The molecule has 3 aromatic rings. The molecule has 0 saturated carbocycles. The number of pyridine rings is 1. The summed E-state index contributed by atoms with van der Waals surface area (Å²) >= 11 is 5.96. The molecule has 1 N–H and O–H groups in total. The van der Waals surface area contributed by atoms with Crippen molar-refractivity contribution in [2.24, 2.45) is 0 Å². The van der Waals surface area contributed by atoms with Gasteiger partial charge in [0.1, 0.15) is 0 Å². The number of H-pyrrole nitrogens is 1. The van der Waals surface area contributed by atoms with Crippen LogP contribution in [-0.4, -0.2) is 25.6 Å². The van der Waals surface area contributed by atoms with Gasteiger partial charge in [-0.15, -0.1) is 10.2 Å². The van der Waals surface area contributed by atoms with Crippen molar-refractivity contribution in [3.63, 3.8) is 0 Å². The predicted octanol–water partition coefficient (Wildman–Crippen LogP) is 4.47. The number of alkyl halides is 6. The van der Waals surface area contributed by atoms with Crippen molar-refractivity contribution in [1.29, 1.82) is 0 Å². The van der Waals surface area contributed by atoms with Crippen molar-refractivity contribution >= 4 is 11.6 Å². The van der Waals surface area contributed by atoms with Crippen LogP contribution < -0.4 is 0 Å². The molecule has 0 unspecified atom stereocenters. The molecule has 0 amide bonds. The summed E-state index contributed by atoms with van der Waals surface area (Å²) in [6.45, 7) is 0. The van der Waals surface area contributed by atoms with Crippen LogP contribution in [0.15, 0.2) is 36.5 Å². The fraction of sp³-hybridized carbons (Fsp3) is 0.200. The number of tetrazole rings is 1. The van der Waals surface area contributed by atoms with Gasteiger partial charge in [0, 0.05) is 6.20 Å². The van der Waals surface area contributed by atoms with Gasteiger partial charge >= 0.3 is 12.4 Å². The molecule has 0 aliphatic heterocycles.